The smallest absolute Gasteiger partial charge is 0.253 e. The first-order chi connectivity index (χ1) is 17.1. The van der Waals surface area contributed by atoms with Crippen LogP contribution < -0.4 is 4.90 Å². The summed E-state index contributed by atoms with van der Waals surface area (Å²) in [5.74, 6) is 2.34. The molecule has 180 valence electrons. The Balaban J connectivity index is 1.35. The molecule has 1 saturated heterocycles. The highest BCUT2D eigenvalue weighted by Gasteiger charge is 2.28. The summed E-state index contributed by atoms with van der Waals surface area (Å²) in [6.07, 6.45) is 6.02. The van der Waals surface area contributed by atoms with Crippen molar-refractivity contribution in [3.8, 4) is 0 Å². The van der Waals surface area contributed by atoms with Crippen LogP contribution >= 0.6 is 11.6 Å². The highest BCUT2D eigenvalue weighted by atomic mass is 35.5. The van der Waals surface area contributed by atoms with Crippen molar-refractivity contribution < 1.29 is 4.79 Å². The number of piperazine rings is 1. The van der Waals surface area contributed by atoms with Crippen LogP contribution in [0.5, 0.6) is 0 Å². The lowest BCUT2D eigenvalue weighted by Gasteiger charge is -2.36. The van der Waals surface area contributed by atoms with E-state index in [0.29, 0.717) is 37.1 Å². The quantitative estimate of drug-likeness (QED) is 0.394. The van der Waals surface area contributed by atoms with Gasteiger partial charge in [-0.2, -0.15) is 0 Å². The van der Waals surface area contributed by atoms with Crippen LogP contribution in [0.15, 0.2) is 42.5 Å². The molecule has 2 aliphatic rings. The van der Waals surface area contributed by atoms with Gasteiger partial charge in [-0.3, -0.25) is 4.79 Å². The van der Waals surface area contributed by atoms with Crippen LogP contribution in [0.1, 0.15) is 59.8 Å². The number of hydrogen-bond donors (Lipinski definition) is 0. The second-order valence-corrected chi connectivity index (χ2v) is 10.2. The Labute approximate surface area is 209 Å². The standard InChI is InChI=1S/C27H29ClN6O/c1-18-7-9-20(10-8-18)26(35)32-13-15-33(16-14-32)27-29-23-17-21(28)11-12-22(23)25-31-30-24(34(25)27)19-5-3-2-4-6-19/h7-12,17,19H,2-6,13-16H2,1H3. The second-order valence-electron chi connectivity index (χ2n) is 9.77. The molecular formula is C27H29ClN6O. The van der Waals surface area contributed by atoms with E-state index >= 15 is 0 Å². The zero-order valence-electron chi connectivity index (χ0n) is 20.0. The van der Waals surface area contributed by atoms with Crippen molar-refractivity contribution >= 4 is 40.0 Å². The SMILES string of the molecule is Cc1ccc(C(=O)N2CCN(c3nc4cc(Cl)ccc4c4nnc(C5CCCCC5)n34)CC2)cc1. The van der Waals surface area contributed by atoms with E-state index in [4.69, 9.17) is 16.6 Å². The zero-order valence-corrected chi connectivity index (χ0v) is 20.7. The lowest BCUT2D eigenvalue weighted by atomic mass is 9.89. The van der Waals surface area contributed by atoms with Crippen molar-refractivity contribution in [1.82, 2.24) is 24.5 Å². The molecule has 0 atom stereocenters. The predicted molar refractivity (Wildman–Crippen MR) is 138 cm³/mol. The van der Waals surface area contributed by atoms with Gasteiger partial charge in [0.1, 0.15) is 5.82 Å². The number of carbonyl (C=O) groups excluding carboxylic acids is 1. The molecule has 2 aromatic carbocycles. The summed E-state index contributed by atoms with van der Waals surface area (Å²) < 4.78 is 2.17. The van der Waals surface area contributed by atoms with E-state index in [1.165, 1.54) is 19.3 Å². The Morgan fingerprint density at radius 3 is 2.43 bits per heavy atom. The molecule has 7 nitrogen and oxygen atoms in total. The number of amides is 1. The molecule has 1 aliphatic heterocycles. The molecule has 8 heteroatoms. The molecule has 0 radical (unpaired) electrons. The number of nitrogens with zero attached hydrogens (tertiary/aromatic N) is 6. The van der Waals surface area contributed by atoms with Gasteiger partial charge in [0.25, 0.3) is 5.91 Å². The molecule has 0 unspecified atom stereocenters. The highest BCUT2D eigenvalue weighted by Crippen LogP contribution is 2.35. The third kappa shape index (κ3) is 4.12. The minimum absolute atomic E-state index is 0.0836. The fourth-order valence-electron chi connectivity index (χ4n) is 5.44. The largest absolute Gasteiger partial charge is 0.338 e. The van der Waals surface area contributed by atoms with Crippen molar-refractivity contribution in [2.75, 3.05) is 31.1 Å². The number of benzene rings is 2. The van der Waals surface area contributed by atoms with Gasteiger partial charge in [0.2, 0.25) is 5.95 Å². The van der Waals surface area contributed by atoms with Gasteiger partial charge in [-0.1, -0.05) is 48.6 Å². The Morgan fingerprint density at radius 1 is 0.943 bits per heavy atom. The first-order valence-electron chi connectivity index (χ1n) is 12.5. The molecule has 3 heterocycles. The van der Waals surface area contributed by atoms with Crippen molar-refractivity contribution in [2.45, 2.75) is 44.9 Å². The summed E-state index contributed by atoms with van der Waals surface area (Å²) >= 11 is 6.32. The number of rotatable bonds is 3. The molecule has 35 heavy (non-hydrogen) atoms. The molecule has 0 spiro atoms. The normalized spacial score (nSPS) is 17.4. The Morgan fingerprint density at radius 2 is 1.69 bits per heavy atom. The lowest BCUT2D eigenvalue weighted by molar-refractivity contribution is 0.0746. The third-order valence-corrected chi connectivity index (χ3v) is 7.66. The van der Waals surface area contributed by atoms with Crippen LogP contribution in [-0.2, 0) is 0 Å². The zero-order chi connectivity index (χ0) is 23.9. The van der Waals surface area contributed by atoms with Gasteiger partial charge in [0.15, 0.2) is 5.65 Å². The third-order valence-electron chi connectivity index (χ3n) is 7.43. The van der Waals surface area contributed by atoms with Gasteiger partial charge in [-0.15, -0.1) is 10.2 Å². The fourth-order valence-corrected chi connectivity index (χ4v) is 5.60. The van der Waals surface area contributed by atoms with E-state index in [1.807, 2.05) is 54.3 Å². The number of carbonyl (C=O) groups is 1. The second kappa shape index (κ2) is 9.11. The highest BCUT2D eigenvalue weighted by molar-refractivity contribution is 6.31. The maximum atomic E-state index is 13.1. The van der Waals surface area contributed by atoms with Crippen molar-refractivity contribution in [2.24, 2.45) is 0 Å². The van der Waals surface area contributed by atoms with Gasteiger partial charge in [-0.05, 0) is 50.1 Å². The number of aryl methyl sites for hydroxylation is 1. The van der Waals surface area contributed by atoms with Crippen LogP contribution in [0, 0.1) is 6.92 Å². The van der Waals surface area contributed by atoms with Crippen LogP contribution in [0.25, 0.3) is 16.6 Å². The fraction of sp³-hybridized carbons (Fsp3) is 0.407. The van der Waals surface area contributed by atoms with Crippen LogP contribution in [0.4, 0.5) is 5.95 Å². The lowest BCUT2D eigenvalue weighted by Crippen LogP contribution is -2.49. The number of halogens is 1. The monoisotopic (exact) mass is 488 g/mol. The Bertz CT molecular complexity index is 1380. The van der Waals surface area contributed by atoms with E-state index in [2.05, 4.69) is 19.5 Å². The van der Waals surface area contributed by atoms with E-state index < -0.39 is 0 Å². The van der Waals surface area contributed by atoms with Crippen molar-refractivity contribution in [1.29, 1.82) is 0 Å². The number of fused-ring (bicyclic) bond motifs is 3. The topological polar surface area (TPSA) is 66.6 Å². The molecule has 0 bridgehead atoms. The molecular weight excluding hydrogens is 460 g/mol. The van der Waals surface area contributed by atoms with E-state index in [-0.39, 0.29) is 5.91 Å². The molecule has 0 N–H and O–H groups in total. The summed E-state index contributed by atoms with van der Waals surface area (Å²) in [5, 5.41) is 10.9. The number of aromatic nitrogens is 4. The summed E-state index contributed by atoms with van der Waals surface area (Å²) in [7, 11) is 0. The molecule has 2 fully saturated rings. The van der Waals surface area contributed by atoms with Gasteiger partial charge in [-0.25, -0.2) is 9.38 Å². The van der Waals surface area contributed by atoms with E-state index in [9.17, 15) is 4.79 Å². The predicted octanol–water partition coefficient (Wildman–Crippen LogP) is 5.25. The summed E-state index contributed by atoms with van der Waals surface area (Å²) in [6.45, 7) is 4.72. The van der Waals surface area contributed by atoms with Gasteiger partial charge in [0.05, 0.1) is 5.52 Å². The maximum Gasteiger partial charge on any atom is 0.253 e. The minimum atomic E-state index is 0.0836. The van der Waals surface area contributed by atoms with Crippen LogP contribution in [0.2, 0.25) is 5.02 Å². The van der Waals surface area contributed by atoms with E-state index in [0.717, 1.165) is 52.3 Å². The summed E-state index contributed by atoms with van der Waals surface area (Å²) in [4.78, 5) is 22.3. The molecule has 6 rings (SSSR count). The number of hydrogen-bond acceptors (Lipinski definition) is 5. The minimum Gasteiger partial charge on any atom is -0.338 e. The molecule has 2 aromatic heterocycles. The maximum absolute atomic E-state index is 13.1. The average molecular weight is 489 g/mol. The summed E-state index contributed by atoms with van der Waals surface area (Å²) in [5.41, 5.74) is 3.55. The van der Waals surface area contributed by atoms with E-state index in [1.54, 1.807) is 0 Å². The molecule has 1 amide bonds. The van der Waals surface area contributed by atoms with Gasteiger partial charge >= 0.3 is 0 Å². The number of anilines is 1. The Kier molecular flexibility index (Phi) is 5.80. The average Bonchev–Trinajstić information content (AvgIpc) is 3.34. The van der Waals surface area contributed by atoms with Crippen molar-refractivity contribution in [3.05, 3.63) is 64.4 Å². The van der Waals surface area contributed by atoms with Gasteiger partial charge in [0, 0.05) is 48.1 Å². The molecule has 1 aliphatic carbocycles. The Hall–Kier alpha value is -3.19. The first kappa shape index (κ1) is 22.3. The van der Waals surface area contributed by atoms with Gasteiger partial charge < -0.3 is 9.80 Å². The first-order valence-corrected chi connectivity index (χ1v) is 12.9. The van der Waals surface area contributed by atoms with Crippen molar-refractivity contribution in [3.63, 3.8) is 0 Å². The summed E-state index contributed by atoms with van der Waals surface area (Å²) in [6, 6.07) is 13.6. The molecule has 4 aromatic rings. The van der Waals surface area contributed by atoms with Crippen LogP contribution in [-0.4, -0.2) is 56.6 Å². The molecule has 1 saturated carbocycles. The van der Waals surface area contributed by atoms with Crippen LogP contribution in [0.3, 0.4) is 0 Å².